The van der Waals surface area contributed by atoms with Crippen molar-refractivity contribution in [2.24, 2.45) is 0 Å². The highest BCUT2D eigenvalue weighted by atomic mass is 32.1. The molecule has 1 aliphatic rings. The molecule has 64 valence electrons. The van der Waals surface area contributed by atoms with Crippen LogP contribution in [0, 0.1) is 0 Å². The zero-order valence-corrected chi connectivity index (χ0v) is 6.85. The van der Waals surface area contributed by atoms with E-state index in [2.05, 4.69) is 9.69 Å². The number of nitrogens with one attached hydrogen (secondary N) is 1. The van der Waals surface area contributed by atoms with Crippen molar-refractivity contribution in [2.75, 3.05) is 18.5 Å². The zero-order chi connectivity index (χ0) is 8.55. The van der Waals surface area contributed by atoms with Crippen LogP contribution in [0.5, 0.6) is 5.88 Å². The predicted molar refractivity (Wildman–Crippen MR) is 43.1 cm³/mol. The minimum Gasteiger partial charge on any atom is -0.477 e. The third-order valence-electron chi connectivity index (χ3n) is 1.50. The zero-order valence-electron chi connectivity index (χ0n) is 6.03. The van der Waals surface area contributed by atoms with Gasteiger partial charge in [0.1, 0.15) is 12.3 Å². The lowest BCUT2D eigenvalue weighted by Crippen LogP contribution is -2.18. The fraction of sp³-hybridized carbons (Fsp3) is 0.333. The Labute approximate surface area is 72.1 Å². The normalized spacial score (nSPS) is 14.3. The van der Waals surface area contributed by atoms with E-state index in [9.17, 15) is 4.79 Å². The van der Waals surface area contributed by atoms with Crippen molar-refractivity contribution in [1.29, 1.82) is 0 Å². The highest BCUT2D eigenvalue weighted by Gasteiger charge is 2.22. The van der Waals surface area contributed by atoms with Crippen molar-refractivity contribution in [2.45, 2.75) is 0 Å². The molecule has 0 bridgehead atoms. The first-order valence-electron chi connectivity index (χ1n) is 3.38. The molecule has 0 unspecified atom stereocenters. The molecular weight excluding hydrogens is 180 g/mol. The second-order valence-electron chi connectivity index (χ2n) is 2.27. The van der Waals surface area contributed by atoms with Gasteiger partial charge in [-0.1, -0.05) is 0 Å². The number of fused-ring (bicyclic) bond motifs is 1. The van der Waals surface area contributed by atoms with Gasteiger partial charge < -0.3 is 15.2 Å². The summed E-state index contributed by atoms with van der Waals surface area (Å²) in [6.45, 7) is 1.17. The van der Waals surface area contributed by atoms with Crippen molar-refractivity contribution >= 4 is 23.2 Å². The third kappa shape index (κ3) is 1.00. The Bertz CT molecular complexity index is 323. The summed E-state index contributed by atoms with van der Waals surface area (Å²) < 4.78 is 8.98. The molecule has 2 rings (SSSR count). The van der Waals surface area contributed by atoms with Crippen molar-refractivity contribution in [3.63, 3.8) is 0 Å². The number of rotatable bonds is 1. The van der Waals surface area contributed by atoms with Gasteiger partial charge in [0.25, 0.3) is 0 Å². The molecule has 2 N–H and O–H groups in total. The maximum absolute atomic E-state index is 10.6. The SMILES string of the molecule is O=C(O)c1snc2c1NCCO2. The maximum Gasteiger partial charge on any atom is 0.349 e. The van der Waals surface area contributed by atoms with Crippen molar-refractivity contribution in [3.8, 4) is 5.88 Å². The van der Waals surface area contributed by atoms with Crippen LogP contribution in [0.3, 0.4) is 0 Å². The maximum atomic E-state index is 10.6. The lowest BCUT2D eigenvalue weighted by molar-refractivity contribution is 0.0702. The Balaban J connectivity index is 2.44. The monoisotopic (exact) mass is 186 g/mol. The first-order valence-corrected chi connectivity index (χ1v) is 4.16. The van der Waals surface area contributed by atoms with Gasteiger partial charge in [0, 0.05) is 6.54 Å². The van der Waals surface area contributed by atoms with Gasteiger partial charge in [0.2, 0.25) is 5.88 Å². The summed E-state index contributed by atoms with van der Waals surface area (Å²) in [5, 5.41) is 11.6. The van der Waals surface area contributed by atoms with Crippen LogP contribution in [0.15, 0.2) is 0 Å². The highest BCUT2D eigenvalue weighted by Crippen LogP contribution is 2.32. The van der Waals surface area contributed by atoms with Gasteiger partial charge in [0.05, 0.1) is 0 Å². The molecule has 0 saturated carbocycles. The topological polar surface area (TPSA) is 71.5 Å². The Morgan fingerprint density at radius 2 is 2.58 bits per heavy atom. The van der Waals surface area contributed by atoms with E-state index in [0.717, 1.165) is 11.5 Å². The molecule has 0 aliphatic carbocycles. The second-order valence-corrected chi connectivity index (χ2v) is 3.05. The van der Waals surface area contributed by atoms with Crippen molar-refractivity contribution in [1.82, 2.24) is 4.37 Å². The van der Waals surface area contributed by atoms with Crippen molar-refractivity contribution in [3.05, 3.63) is 4.88 Å². The molecule has 6 heteroatoms. The van der Waals surface area contributed by atoms with Crippen LogP contribution in [-0.2, 0) is 0 Å². The molecule has 0 aromatic carbocycles. The number of aromatic nitrogens is 1. The van der Waals surface area contributed by atoms with Crippen LogP contribution in [0.1, 0.15) is 9.67 Å². The Morgan fingerprint density at radius 1 is 1.75 bits per heavy atom. The van der Waals surface area contributed by atoms with E-state index in [1.54, 1.807) is 0 Å². The predicted octanol–water partition coefficient (Wildman–Crippen LogP) is 0.646. The summed E-state index contributed by atoms with van der Waals surface area (Å²) in [7, 11) is 0. The number of nitrogens with zero attached hydrogens (tertiary/aromatic N) is 1. The Kier molecular flexibility index (Phi) is 1.61. The number of carboxylic acids is 1. The fourth-order valence-corrected chi connectivity index (χ4v) is 1.65. The largest absolute Gasteiger partial charge is 0.477 e. The van der Waals surface area contributed by atoms with E-state index < -0.39 is 5.97 Å². The smallest absolute Gasteiger partial charge is 0.349 e. The summed E-state index contributed by atoms with van der Waals surface area (Å²) in [6.07, 6.45) is 0. The van der Waals surface area contributed by atoms with Crippen LogP contribution in [0.4, 0.5) is 5.69 Å². The van der Waals surface area contributed by atoms with Gasteiger partial charge in [-0.3, -0.25) is 0 Å². The summed E-state index contributed by atoms with van der Waals surface area (Å²) in [4.78, 5) is 10.8. The lowest BCUT2D eigenvalue weighted by Gasteiger charge is -2.13. The molecule has 12 heavy (non-hydrogen) atoms. The van der Waals surface area contributed by atoms with Gasteiger partial charge >= 0.3 is 5.97 Å². The summed E-state index contributed by atoms with van der Waals surface area (Å²) in [5.74, 6) is -0.560. The lowest BCUT2D eigenvalue weighted by atomic mass is 10.3. The minimum absolute atomic E-state index is 0.213. The molecule has 0 fully saturated rings. The summed E-state index contributed by atoms with van der Waals surface area (Å²) in [5.41, 5.74) is 0.513. The average Bonchev–Trinajstić information content (AvgIpc) is 2.47. The Hall–Kier alpha value is -1.30. The van der Waals surface area contributed by atoms with E-state index >= 15 is 0 Å². The summed E-state index contributed by atoms with van der Waals surface area (Å²) >= 11 is 0.936. The number of ether oxygens (including phenoxy) is 1. The summed E-state index contributed by atoms with van der Waals surface area (Å²) in [6, 6.07) is 0. The molecule has 0 saturated heterocycles. The molecular formula is C6H6N2O3S. The fourth-order valence-electron chi connectivity index (χ4n) is 1.000. The molecule has 1 aromatic rings. The average molecular weight is 186 g/mol. The molecule has 1 aromatic heterocycles. The van der Waals surface area contributed by atoms with Crippen LogP contribution in [0.2, 0.25) is 0 Å². The number of aromatic carboxylic acids is 1. The number of anilines is 1. The molecule has 0 spiro atoms. The van der Waals surface area contributed by atoms with E-state index in [0.29, 0.717) is 24.7 Å². The van der Waals surface area contributed by atoms with Gasteiger partial charge in [-0.05, 0) is 11.5 Å². The molecule has 2 heterocycles. The van der Waals surface area contributed by atoms with E-state index in [-0.39, 0.29) is 4.88 Å². The van der Waals surface area contributed by atoms with Gasteiger partial charge in [-0.2, -0.15) is 4.37 Å². The number of carboxylic acid groups (broad SMARTS) is 1. The molecule has 0 atom stereocenters. The quantitative estimate of drug-likeness (QED) is 0.673. The molecule has 5 nitrogen and oxygen atoms in total. The van der Waals surface area contributed by atoms with Crippen molar-refractivity contribution < 1.29 is 14.6 Å². The number of hydrogen-bond donors (Lipinski definition) is 2. The number of hydrogen-bond acceptors (Lipinski definition) is 5. The highest BCUT2D eigenvalue weighted by molar-refractivity contribution is 7.08. The Morgan fingerprint density at radius 3 is 3.33 bits per heavy atom. The van der Waals surface area contributed by atoms with Gasteiger partial charge in [0.15, 0.2) is 4.88 Å². The van der Waals surface area contributed by atoms with Crippen LogP contribution >= 0.6 is 11.5 Å². The van der Waals surface area contributed by atoms with Crippen LogP contribution < -0.4 is 10.1 Å². The van der Waals surface area contributed by atoms with Gasteiger partial charge in [-0.15, -0.1) is 0 Å². The van der Waals surface area contributed by atoms with E-state index in [1.165, 1.54) is 0 Å². The number of carbonyl (C=O) groups is 1. The first kappa shape index (κ1) is 7.35. The minimum atomic E-state index is -0.966. The second kappa shape index (κ2) is 2.63. The molecule has 1 aliphatic heterocycles. The molecule has 0 amide bonds. The van der Waals surface area contributed by atoms with Gasteiger partial charge in [-0.25, -0.2) is 4.79 Å². The van der Waals surface area contributed by atoms with Crippen LogP contribution in [-0.4, -0.2) is 28.6 Å². The van der Waals surface area contributed by atoms with E-state index in [4.69, 9.17) is 9.84 Å². The third-order valence-corrected chi connectivity index (χ3v) is 2.32. The standard InChI is InChI=1S/C6H6N2O3S/c9-6(10)4-3-5(8-12-4)11-2-1-7-3/h7H,1-2H2,(H,9,10). The molecule has 0 radical (unpaired) electrons. The first-order chi connectivity index (χ1) is 5.79. The van der Waals surface area contributed by atoms with E-state index in [1.807, 2.05) is 0 Å². The van der Waals surface area contributed by atoms with Crippen LogP contribution in [0.25, 0.3) is 0 Å².